The molecule has 2 aromatic heterocycles. The van der Waals surface area contributed by atoms with Gasteiger partial charge in [0.25, 0.3) is 5.91 Å². The molecule has 23 heavy (non-hydrogen) atoms. The van der Waals surface area contributed by atoms with E-state index in [0.717, 1.165) is 22.1 Å². The lowest BCUT2D eigenvalue weighted by Crippen LogP contribution is -2.23. The summed E-state index contributed by atoms with van der Waals surface area (Å²) in [7, 11) is 0. The topological polar surface area (TPSA) is 82.7 Å². The van der Waals surface area contributed by atoms with E-state index in [0.29, 0.717) is 12.2 Å². The van der Waals surface area contributed by atoms with Gasteiger partial charge in [0.05, 0.1) is 17.9 Å². The molecule has 3 aromatic rings. The molecule has 8 heteroatoms. The van der Waals surface area contributed by atoms with Crippen LogP contribution in [0.1, 0.15) is 16.2 Å². The van der Waals surface area contributed by atoms with E-state index >= 15 is 0 Å². The number of carbonyl (C=O) groups is 1. The first-order valence-electron chi connectivity index (χ1n) is 6.88. The molecule has 0 saturated carbocycles. The van der Waals surface area contributed by atoms with Crippen LogP contribution in [0.2, 0.25) is 0 Å². The average Bonchev–Trinajstić information content (AvgIpc) is 3.23. The van der Waals surface area contributed by atoms with Crippen molar-refractivity contribution >= 4 is 34.3 Å². The number of aromatic amines is 1. The highest BCUT2D eigenvalue weighted by Gasteiger charge is 2.11. The molecular weight excluding hydrogens is 330 g/mol. The summed E-state index contributed by atoms with van der Waals surface area (Å²) in [4.78, 5) is 16.3. The molecule has 6 nitrogen and oxygen atoms in total. The predicted octanol–water partition coefficient (Wildman–Crippen LogP) is 3.15. The fraction of sp³-hybridized carbons (Fsp3) is 0.133. The van der Waals surface area contributed by atoms with Crippen molar-refractivity contribution in [3.8, 4) is 11.3 Å². The van der Waals surface area contributed by atoms with Gasteiger partial charge in [-0.25, -0.2) is 4.98 Å². The van der Waals surface area contributed by atoms with Crippen molar-refractivity contribution in [3.05, 3.63) is 53.2 Å². The zero-order chi connectivity index (χ0) is 16.1. The van der Waals surface area contributed by atoms with Crippen LogP contribution in [0.5, 0.6) is 0 Å². The highest BCUT2D eigenvalue weighted by molar-refractivity contribution is 8.00. The van der Waals surface area contributed by atoms with Gasteiger partial charge >= 0.3 is 0 Å². The van der Waals surface area contributed by atoms with Gasteiger partial charge in [-0.3, -0.25) is 9.89 Å². The molecule has 1 amide bonds. The smallest absolute Gasteiger partial charge is 0.271 e. The SMILES string of the molecule is CSNc1nc(C(=O)NCc2cc(-c3ccccc3)n[nH]2)cs1. The maximum atomic E-state index is 12.1. The molecular formula is C15H15N5OS2. The summed E-state index contributed by atoms with van der Waals surface area (Å²) in [5.74, 6) is -0.203. The van der Waals surface area contributed by atoms with E-state index in [2.05, 4.69) is 25.2 Å². The highest BCUT2D eigenvalue weighted by atomic mass is 32.2. The molecule has 0 aliphatic rings. The number of hydrogen-bond acceptors (Lipinski definition) is 6. The zero-order valence-electron chi connectivity index (χ0n) is 12.4. The second kappa shape index (κ2) is 7.30. The Morgan fingerprint density at radius 3 is 2.96 bits per heavy atom. The van der Waals surface area contributed by atoms with E-state index in [1.165, 1.54) is 23.3 Å². The zero-order valence-corrected chi connectivity index (χ0v) is 14.0. The van der Waals surface area contributed by atoms with E-state index < -0.39 is 0 Å². The van der Waals surface area contributed by atoms with Gasteiger partial charge in [0.2, 0.25) is 0 Å². The van der Waals surface area contributed by atoms with Crippen molar-refractivity contribution in [3.63, 3.8) is 0 Å². The number of amides is 1. The summed E-state index contributed by atoms with van der Waals surface area (Å²) < 4.78 is 3.01. The molecule has 3 N–H and O–H groups in total. The first kappa shape index (κ1) is 15.6. The third-order valence-corrected chi connectivity index (χ3v) is 4.35. The minimum Gasteiger partial charge on any atom is -0.345 e. The fourth-order valence-corrected chi connectivity index (χ4v) is 3.18. The first-order valence-corrected chi connectivity index (χ1v) is 8.99. The van der Waals surface area contributed by atoms with E-state index in [9.17, 15) is 4.79 Å². The van der Waals surface area contributed by atoms with E-state index in [-0.39, 0.29) is 5.91 Å². The van der Waals surface area contributed by atoms with Crippen LogP contribution in [0.25, 0.3) is 11.3 Å². The number of nitrogens with zero attached hydrogens (tertiary/aromatic N) is 2. The molecule has 2 heterocycles. The number of thiazole rings is 1. The summed E-state index contributed by atoms with van der Waals surface area (Å²) in [6.45, 7) is 0.376. The Morgan fingerprint density at radius 1 is 1.35 bits per heavy atom. The molecule has 1 aromatic carbocycles. The molecule has 0 radical (unpaired) electrons. The number of nitrogens with one attached hydrogen (secondary N) is 3. The lowest BCUT2D eigenvalue weighted by molar-refractivity contribution is 0.0946. The summed E-state index contributed by atoms with van der Waals surface area (Å²) in [6, 6.07) is 11.8. The van der Waals surface area contributed by atoms with E-state index in [1.54, 1.807) is 5.38 Å². The van der Waals surface area contributed by atoms with Crippen LogP contribution < -0.4 is 10.0 Å². The van der Waals surface area contributed by atoms with E-state index in [4.69, 9.17) is 0 Å². The van der Waals surface area contributed by atoms with Gasteiger partial charge in [-0.15, -0.1) is 11.3 Å². The standard InChI is InChI=1S/C15H15N5OS2/c1-22-20-15-17-13(9-23-15)14(21)16-8-11-7-12(19-18-11)10-5-3-2-4-6-10/h2-7,9H,8H2,1H3,(H,16,21)(H,17,20)(H,18,19). The Kier molecular flexibility index (Phi) is 4.94. The maximum Gasteiger partial charge on any atom is 0.271 e. The Balaban J connectivity index is 1.60. The lowest BCUT2D eigenvalue weighted by atomic mass is 10.1. The van der Waals surface area contributed by atoms with Crippen molar-refractivity contribution in [2.75, 3.05) is 11.0 Å². The Hall–Kier alpha value is -2.32. The summed E-state index contributed by atoms with van der Waals surface area (Å²) >= 11 is 2.85. The molecule has 0 bridgehead atoms. The number of aromatic nitrogens is 3. The van der Waals surface area contributed by atoms with Crippen molar-refractivity contribution in [1.29, 1.82) is 0 Å². The van der Waals surface area contributed by atoms with Crippen molar-refractivity contribution in [2.24, 2.45) is 0 Å². The highest BCUT2D eigenvalue weighted by Crippen LogP contribution is 2.18. The van der Waals surface area contributed by atoms with Crippen LogP contribution in [0.15, 0.2) is 41.8 Å². The van der Waals surface area contributed by atoms with Gasteiger partial charge in [0.15, 0.2) is 5.13 Å². The van der Waals surface area contributed by atoms with Gasteiger partial charge < -0.3 is 10.0 Å². The molecule has 0 fully saturated rings. The van der Waals surface area contributed by atoms with Crippen LogP contribution >= 0.6 is 23.3 Å². The summed E-state index contributed by atoms with van der Waals surface area (Å²) in [5, 5.41) is 12.5. The fourth-order valence-electron chi connectivity index (χ4n) is 1.99. The average molecular weight is 345 g/mol. The van der Waals surface area contributed by atoms with Gasteiger partial charge in [-0.05, 0) is 6.07 Å². The lowest BCUT2D eigenvalue weighted by Gasteiger charge is -2.00. The molecule has 0 aliphatic carbocycles. The number of H-pyrrole nitrogens is 1. The first-order chi connectivity index (χ1) is 11.3. The monoisotopic (exact) mass is 345 g/mol. The minimum absolute atomic E-state index is 0.203. The summed E-state index contributed by atoms with van der Waals surface area (Å²) in [6.07, 6.45) is 1.91. The van der Waals surface area contributed by atoms with Gasteiger partial charge in [0.1, 0.15) is 5.69 Å². The van der Waals surface area contributed by atoms with Gasteiger partial charge in [-0.2, -0.15) is 5.10 Å². The van der Waals surface area contributed by atoms with Crippen molar-refractivity contribution < 1.29 is 4.79 Å². The molecule has 0 saturated heterocycles. The number of carbonyl (C=O) groups excluding carboxylic acids is 1. The number of anilines is 1. The largest absolute Gasteiger partial charge is 0.345 e. The quantitative estimate of drug-likeness (QED) is 0.598. The van der Waals surface area contributed by atoms with Crippen LogP contribution in [-0.4, -0.2) is 27.3 Å². The summed E-state index contributed by atoms with van der Waals surface area (Å²) in [5.41, 5.74) is 3.15. The number of benzene rings is 1. The van der Waals surface area contributed by atoms with Crippen LogP contribution in [0.3, 0.4) is 0 Å². The van der Waals surface area contributed by atoms with Gasteiger partial charge in [0, 0.05) is 17.2 Å². The van der Waals surface area contributed by atoms with E-state index in [1.807, 2.05) is 42.7 Å². The Morgan fingerprint density at radius 2 is 2.17 bits per heavy atom. The van der Waals surface area contributed by atoms with Crippen LogP contribution in [-0.2, 0) is 6.54 Å². The molecule has 3 rings (SSSR count). The molecule has 118 valence electrons. The van der Waals surface area contributed by atoms with Crippen LogP contribution in [0, 0.1) is 0 Å². The molecule has 0 atom stereocenters. The number of hydrogen-bond donors (Lipinski definition) is 3. The second-order valence-corrected chi connectivity index (χ2v) is 6.14. The molecule has 0 spiro atoms. The predicted molar refractivity (Wildman–Crippen MR) is 94.4 cm³/mol. The normalized spacial score (nSPS) is 10.5. The number of rotatable bonds is 6. The van der Waals surface area contributed by atoms with Crippen LogP contribution in [0.4, 0.5) is 5.13 Å². The minimum atomic E-state index is -0.203. The van der Waals surface area contributed by atoms with Crippen molar-refractivity contribution in [2.45, 2.75) is 6.54 Å². The maximum absolute atomic E-state index is 12.1. The third kappa shape index (κ3) is 3.91. The van der Waals surface area contributed by atoms with Crippen molar-refractivity contribution in [1.82, 2.24) is 20.5 Å². The second-order valence-electron chi connectivity index (χ2n) is 4.67. The molecule has 0 unspecified atom stereocenters. The Labute approximate surface area is 141 Å². The molecule has 0 aliphatic heterocycles. The third-order valence-electron chi connectivity index (χ3n) is 3.07. The Bertz CT molecular complexity index is 784. The van der Waals surface area contributed by atoms with Gasteiger partial charge in [-0.1, -0.05) is 42.3 Å².